The van der Waals surface area contributed by atoms with Gasteiger partial charge in [0.15, 0.2) is 5.78 Å². The normalized spacial score (nSPS) is 10.9. The quantitative estimate of drug-likeness (QED) is 0.288. The predicted octanol–water partition coefficient (Wildman–Crippen LogP) is 1.96. The third-order valence-electron chi connectivity index (χ3n) is 4.84. The Labute approximate surface area is 179 Å². The van der Waals surface area contributed by atoms with Crippen molar-refractivity contribution in [2.75, 3.05) is 12.0 Å². The highest BCUT2D eigenvalue weighted by atomic mass is 35.5. The first kappa shape index (κ1) is 22.6. The maximum absolute atomic E-state index is 13.0. The summed E-state index contributed by atoms with van der Waals surface area (Å²) >= 11 is 5.80. The van der Waals surface area contributed by atoms with Crippen molar-refractivity contribution < 1.29 is 17.2 Å². The lowest BCUT2D eigenvalue weighted by atomic mass is 10.2. The largest absolute Gasteiger partial charge is 1.00 e. The number of unbranched alkanes of at least 4 members (excludes halogenated alkanes) is 1. The molecule has 1 nitrogen and oxygen atoms in total. The second kappa shape index (κ2) is 11.4. The van der Waals surface area contributed by atoms with Crippen LogP contribution in [0.15, 0.2) is 91.0 Å². The molecule has 0 saturated heterocycles. The van der Waals surface area contributed by atoms with Gasteiger partial charge in [-0.15, -0.1) is 11.6 Å². The smallest absolute Gasteiger partial charge is 0.171 e. The molecule has 0 aromatic heterocycles. The fourth-order valence-corrected chi connectivity index (χ4v) is 7.89. The monoisotopic (exact) mass is 430 g/mol. The first-order chi connectivity index (χ1) is 13.3. The maximum Gasteiger partial charge on any atom is 0.171 e. The van der Waals surface area contributed by atoms with E-state index in [9.17, 15) is 4.79 Å². The summed E-state index contributed by atoms with van der Waals surface area (Å²) < 4.78 is 0. The number of halogens is 2. The lowest BCUT2D eigenvalue weighted by molar-refractivity contribution is -0.116. The molecule has 0 unspecified atom stereocenters. The van der Waals surface area contributed by atoms with Gasteiger partial charge in [0.25, 0.3) is 0 Å². The van der Waals surface area contributed by atoms with Crippen LogP contribution >= 0.6 is 18.9 Å². The molecule has 3 aromatic carbocycles. The van der Waals surface area contributed by atoms with E-state index in [4.69, 9.17) is 11.6 Å². The molecule has 0 fully saturated rings. The average molecular weight is 431 g/mol. The van der Waals surface area contributed by atoms with Crippen molar-refractivity contribution in [1.29, 1.82) is 0 Å². The summed E-state index contributed by atoms with van der Waals surface area (Å²) in [6.07, 6.45) is 2.91. The molecule has 0 spiro atoms. The van der Waals surface area contributed by atoms with Crippen LogP contribution in [0.25, 0.3) is 0 Å². The first-order valence-electron chi connectivity index (χ1n) is 9.40. The molecule has 0 heterocycles. The Bertz CT molecular complexity index is 742. The summed E-state index contributed by atoms with van der Waals surface area (Å²) in [4.78, 5) is 13.0. The van der Waals surface area contributed by atoms with E-state index in [0.29, 0.717) is 24.2 Å². The first-order valence-corrected chi connectivity index (χ1v) is 11.9. The van der Waals surface area contributed by atoms with Crippen molar-refractivity contribution in [3.05, 3.63) is 91.0 Å². The Hall–Kier alpha value is -1.66. The summed E-state index contributed by atoms with van der Waals surface area (Å²) in [5.74, 6) is 0.939. The van der Waals surface area contributed by atoms with E-state index in [1.165, 1.54) is 15.9 Å². The molecule has 4 heteroatoms. The Kier molecular flexibility index (Phi) is 9.19. The van der Waals surface area contributed by atoms with Gasteiger partial charge < -0.3 is 12.4 Å². The SMILES string of the molecule is O=C(CCCCCl)C[P+](c1ccccc1)(c1ccccc1)c1ccccc1.[Cl-]. The minimum Gasteiger partial charge on any atom is -1.00 e. The molecule has 0 N–H and O–H groups in total. The molecule has 0 bridgehead atoms. The van der Waals surface area contributed by atoms with E-state index in [-0.39, 0.29) is 12.4 Å². The van der Waals surface area contributed by atoms with Crippen LogP contribution in [0.2, 0.25) is 0 Å². The van der Waals surface area contributed by atoms with E-state index in [0.717, 1.165) is 12.8 Å². The van der Waals surface area contributed by atoms with Gasteiger partial charge in [-0.1, -0.05) is 54.6 Å². The molecule has 0 aliphatic heterocycles. The average Bonchev–Trinajstić information content (AvgIpc) is 2.74. The molecular weight excluding hydrogens is 406 g/mol. The van der Waals surface area contributed by atoms with Crippen LogP contribution in [0.1, 0.15) is 19.3 Å². The number of carbonyl (C=O) groups is 1. The second-order valence-electron chi connectivity index (χ2n) is 6.66. The van der Waals surface area contributed by atoms with E-state index in [1.54, 1.807) is 0 Å². The van der Waals surface area contributed by atoms with Crippen molar-refractivity contribution in [3.8, 4) is 0 Å². The summed E-state index contributed by atoms with van der Waals surface area (Å²) in [6.45, 7) is 0. The van der Waals surface area contributed by atoms with Crippen LogP contribution in [0.4, 0.5) is 0 Å². The van der Waals surface area contributed by atoms with Gasteiger partial charge in [-0.2, -0.15) is 0 Å². The maximum atomic E-state index is 13.0. The predicted molar refractivity (Wildman–Crippen MR) is 120 cm³/mol. The number of alkyl halides is 1. The molecule has 0 radical (unpaired) electrons. The topological polar surface area (TPSA) is 17.1 Å². The highest BCUT2D eigenvalue weighted by Gasteiger charge is 2.46. The molecule has 146 valence electrons. The number of hydrogen-bond donors (Lipinski definition) is 0. The van der Waals surface area contributed by atoms with E-state index in [1.807, 2.05) is 18.2 Å². The van der Waals surface area contributed by atoms with Gasteiger partial charge in [-0.25, -0.2) is 0 Å². The molecule has 0 saturated carbocycles. The number of Topliss-reactive ketones (excluding diaryl/α,β-unsaturated/α-hetero) is 1. The van der Waals surface area contributed by atoms with Crippen molar-refractivity contribution in [1.82, 2.24) is 0 Å². The number of rotatable bonds is 9. The molecule has 0 aliphatic carbocycles. The molecular formula is C24H25Cl2OP. The highest BCUT2D eigenvalue weighted by molar-refractivity contribution is 7.96. The zero-order valence-electron chi connectivity index (χ0n) is 15.8. The summed E-state index contributed by atoms with van der Waals surface area (Å²) in [5.41, 5.74) is 0. The Morgan fingerprint density at radius 3 is 1.43 bits per heavy atom. The summed E-state index contributed by atoms with van der Waals surface area (Å²) in [7, 11) is -2.04. The van der Waals surface area contributed by atoms with Crippen molar-refractivity contribution in [2.24, 2.45) is 0 Å². The molecule has 0 amide bonds. The Morgan fingerprint density at radius 1 is 0.679 bits per heavy atom. The van der Waals surface area contributed by atoms with E-state index >= 15 is 0 Å². The van der Waals surface area contributed by atoms with Crippen molar-refractivity contribution >= 4 is 40.6 Å². The van der Waals surface area contributed by atoms with Gasteiger partial charge in [0.1, 0.15) is 29.3 Å². The zero-order chi connectivity index (χ0) is 19.0. The number of ketones is 1. The van der Waals surface area contributed by atoms with Gasteiger partial charge in [0.2, 0.25) is 0 Å². The Morgan fingerprint density at radius 2 is 1.07 bits per heavy atom. The molecule has 3 rings (SSSR count). The van der Waals surface area contributed by atoms with Crippen molar-refractivity contribution in [3.63, 3.8) is 0 Å². The van der Waals surface area contributed by atoms with Crippen LogP contribution in [0.5, 0.6) is 0 Å². The fourth-order valence-electron chi connectivity index (χ4n) is 3.53. The summed E-state index contributed by atoms with van der Waals surface area (Å²) in [5, 5.41) is 3.77. The van der Waals surface area contributed by atoms with Crippen molar-refractivity contribution in [2.45, 2.75) is 19.3 Å². The van der Waals surface area contributed by atoms with Gasteiger partial charge >= 0.3 is 0 Å². The lowest BCUT2D eigenvalue weighted by Crippen LogP contribution is -3.00. The van der Waals surface area contributed by atoms with Gasteiger partial charge in [0.05, 0.1) is 0 Å². The third-order valence-corrected chi connectivity index (χ3v) is 9.48. The van der Waals surface area contributed by atoms with Crippen LogP contribution in [-0.2, 0) is 4.79 Å². The van der Waals surface area contributed by atoms with Gasteiger partial charge in [-0.05, 0) is 49.2 Å². The summed E-state index contributed by atoms with van der Waals surface area (Å²) in [6, 6.07) is 31.7. The number of carbonyl (C=O) groups excluding carboxylic acids is 1. The van der Waals surface area contributed by atoms with E-state index < -0.39 is 7.26 Å². The van der Waals surface area contributed by atoms with Crippen LogP contribution in [0.3, 0.4) is 0 Å². The second-order valence-corrected chi connectivity index (χ2v) is 10.5. The lowest BCUT2D eigenvalue weighted by Gasteiger charge is -2.27. The molecule has 3 aromatic rings. The molecule has 0 atom stereocenters. The van der Waals surface area contributed by atoms with Crippen LogP contribution in [0, 0.1) is 0 Å². The highest BCUT2D eigenvalue weighted by Crippen LogP contribution is 2.55. The fraction of sp³-hybridized carbons (Fsp3) is 0.208. The molecule has 0 aliphatic rings. The van der Waals surface area contributed by atoms with Crippen LogP contribution < -0.4 is 28.3 Å². The third kappa shape index (κ3) is 5.23. The Balaban J connectivity index is 0.00000280. The number of benzene rings is 3. The van der Waals surface area contributed by atoms with E-state index in [2.05, 4.69) is 72.8 Å². The minimum absolute atomic E-state index is 0. The standard InChI is InChI=1S/C24H25ClOP.ClH/c25-19-11-10-12-21(26)20-27(22-13-4-1-5-14-22,23-15-6-2-7-16-23)24-17-8-3-9-18-24;/h1-9,13-18H,10-12,19-20H2;1H/q+1;/p-1. The number of hydrogen-bond acceptors (Lipinski definition) is 1. The molecule has 28 heavy (non-hydrogen) atoms. The van der Waals surface area contributed by atoms with Gasteiger partial charge in [-0.3, -0.25) is 4.79 Å². The van der Waals surface area contributed by atoms with Gasteiger partial charge in [0, 0.05) is 12.3 Å². The van der Waals surface area contributed by atoms with Crippen LogP contribution in [-0.4, -0.2) is 17.8 Å². The zero-order valence-corrected chi connectivity index (χ0v) is 18.2. The minimum atomic E-state index is -2.04.